The van der Waals surface area contributed by atoms with Crippen molar-refractivity contribution in [1.82, 2.24) is 9.55 Å². The number of benzene rings is 1. The van der Waals surface area contributed by atoms with Crippen molar-refractivity contribution in [3.8, 4) is 0 Å². The molecule has 0 fully saturated rings. The third kappa shape index (κ3) is 2.92. The van der Waals surface area contributed by atoms with E-state index in [1.165, 1.54) is 30.7 Å². The smallest absolute Gasteiger partial charge is 0.283 e. The van der Waals surface area contributed by atoms with E-state index in [1.54, 1.807) is 36.7 Å². The van der Waals surface area contributed by atoms with Crippen LogP contribution in [-0.4, -0.2) is 18.0 Å². The molecule has 0 aliphatic rings. The van der Waals surface area contributed by atoms with Crippen molar-refractivity contribution in [2.24, 2.45) is 7.05 Å². The fourth-order valence-electron chi connectivity index (χ4n) is 2.26. The van der Waals surface area contributed by atoms with E-state index in [-0.39, 0.29) is 17.3 Å². The number of sulfonamides is 1. The number of furan rings is 1. The molecule has 24 heavy (non-hydrogen) atoms. The van der Waals surface area contributed by atoms with E-state index in [0.29, 0.717) is 11.6 Å². The summed E-state index contributed by atoms with van der Waals surface area (Å²) in [7, 11) is -2.36. The summed E-state index contributed by atoms with van der Waals surface area (Å²) in [4.78, 5) is 4.07. The Morgan fingerprint density at radius 1 is 1.25 bits per heavy atom. The summed E-state index contributed by atoms with van der Waals surface area (Å²) >= 11 is 0. The Kier molecular flexibility index (Phi) is 4.15. The number of halogens is 1. The van der Waals surface area contributed by atoms with E-state index in [1.807, 2.05) is 0 Å². The molecule has 0 atom stereocenters. The zero-order valence-corrected chi connectivity index (χ0v) is 14.0. The number of rotatable bonds is 5. The second-order valence-electron chi connectivity index (χ2n) is 5.28. The lowest BCUT2D eigenvalue weighted by atomic mass is 10.3. The Morgan fingerprint density at radius 3 is 2.58 bits per heavy atom. The topological polar surface area (TPSA) is 68.3 Å². The first-order valence-electron chi connectivity index (χ1n) is 7.19. The molecule has 0 radical (unpaired) electrons. The van der Waals surface area contributed by atoms with Crippen LogP contribution in [0.4, 0.5) is 10.1 Å². The fraction of sp³-hybridized carbons (Fsp3) is 0.188. The number of hydrogen-bond acceptors (Lipinski definition) is 4. The van der Waals surface area contributed by atoms with Gasteiger partial charge in [0.25, 0.3) is 10.0 Å². The second-order valence-corrected chi connectivity index (χ2v) is 7.09. The molecule has 126 valence electrons. The van der Waals surface area contributed by atoms with Crippen LogP contribution in [0, 0.1) is 12.7 Å². The molecule has 3 aromatic rings. The van der Waals surface area contributed by atoms with Crippen LogP contribution >= 0.6 is 0 Å². The quantitative estimate of drug-likeness (QED) is 0.710. The third-order valence-electron chi connectivity index (χ3n) is 3.64. The van der Waals surface area contributed by atoms with E-state index in [0.717, 1.165) is 4.31 Å². The van der Waals surface area contributed by atoms with E-state index >= 15 is 0 Å². The molecule has 0 saturated heterocycles. The number of anilines is 1. The van der Waals surface area contributed by atoms with Crippen molar-refractivity contribution in [3.05, 3.63) is 66.3 Å². The van der Waals surface area contributed by atoms with Gasteiger partial charge in [0, 0.05) is 13.2 Å². The SMILES string of the molecule is Cc1nc(S(=O)(=O)N(Cc2ccco2)c2ccccc2F)cn1C. The molecule has 0 aliphatic heterocycles. The van der Waals surface area contributed by atoms with Crippen LogP contribution in [0.15, 0.2) is 58.3 Å². The highest BCUT2D eigenvalue weighted by atomic mass is 32.2. The molecular weight excluding hydrogens is 333 g/mol. The first-order valence-corrected chi connectivity index (χ1v) is 8.63. The molecular formula is C16H16FN3O3S. The fourth-order valence-corrected chi connectivity index (χ4v) is 3.73. The van der Waals surface area contributed by atoms with Crippen LogP contribution in [-0.2, 0) is 23.6 Å². The molecule has 0 N–H and O–H groups in total. The minimum absolute atomic E-state index is 0.0581. The standard InChI is InChI=1S/C16H16FN3O3S/c1-12-18-16(11-19(12)2)24(21,22)20(10-13-6-5-9-23-13)15-8-4-3-7-14(15)17/h3-9,11H,10H2,1-2H3. The van der Waals surface area contributed by atoms with Crippen LogP contribution in [0.1, 0.15) is 11.6 Å². The summed E-state index contributed by atoms with van der Waals surface area (Å²) in [5, 5.41) is -0.141. The molecule has 8 heteroatoms. The maximum atomic E-state index is 14.2. The van der Waals surface area contributed by atoms with E-state index in [4.69, 9.17) is 4.42 Å². The van der Waals surface area contributed by atoms with Crippen LogP contribution < -0.4 is 4.31 Å². The van der Waals surface area contributed by atoms with Gasteiger partial charge in [-0.2, -0.15) is 8.42 Å². The average molecular weight is 349 g/mol. The number of hydrogen-bond donors (Lipinski definition) is 0. The first-order chi connectivity index (χ1) is 11.4. The number of aryl methyl sites for hydroxylation is 2. The molecule has 0 bridgehead atoms. The predicted octanol–water partition coefficient (Wildman–Crippen LogP) is 2.86. The lowest BCUT2D eigenvalue weighted by molar-refractivity contribution is 0.506. The van der Waals surface area contributed by atoms with E-state index in [2.05, 4.69) is 4.98 Å². The van der Waals surface area contributed by atoms with Gasteiger partial charge in [-0.3, -0.25) is 4.31 Å². The Balaban J connectivity index is 2.11. The summed E-state index contributed by atoms with van der Waals surface area (Å²) in [5.41, 5.74) is -0.0581. The predicted molar refractivity (Wildman–Crippen MR) is 86.4 cm³/mol. The Labute approximate surface area is 139 Å². The molecule has 6 nitrogen and oxygen atoms in total. The van der Waals surface area contributed by atoms with Gasteiger partial charge >= 0.3 is 0 Å². The molecule has 1 aromatic carbocycles. The third-order valence-corrected chi connectivity index (χ3v) is 5.27. The summed E-state index contributed by atoms with van der Waals surface area (Å²) in [5.74, 6) is 0.301. The molecule has 3 rings (SSSR count). The molecule has 0 saturated carbocycles. The Morgan fingerprint density at radius 2 is 2.00 bits per heavy atom. The monoisotopic (exact) mass is 349 g/mol. The maximum absolute atomic E-state index is 14.2. The molecule has 0 amide bonds. The number of imidazole rings is 1. The van der Waals surface area contributed by atoms with Crippen LogP contribution in [0.5, 0.6) is 0 Å². The van der Waals surface area contributed by atoms with E-state index < -0.39 is 15.8 Å². The van der Waals surface area contributed by atoms with Crippen molar-refractivity contribution in [3.63, 3.8) is 0 Å². The van der Waals surface area contributed by atoms with Crippen molar-refractivity contribution >= 4 is 15.7 Å². The number of para-hydroxylation sites is 1. The zero-order chi connectivity index (χ0) is 17.3. The summed E-state index contributed by atoms with van der Waals surface area (Å²) < 4.78 is 48.1. The van der Waals surface area contributed by atoms with Crippen molar-refractivity contribution in [1.29, 1.82) is 0 Å². The first kappa shape index (κ1) is 16.3. The number of aromatic nitrogens is 2. The van der Waals surface area contributed by atoms with Gasteiger partial charge in [-0.1, -0.05) is 12.1 Å². The maximum Gasteiger partial charge on any atom is 0.283 e. The largest absolute Gasteiger partial charge is 0.467 e. The van der Waals surface area contributed by atoms with Crippen molar-refractivity contribution in [2.75, 3.05) is 4.31 Å². The molecule has 0 aliphatic carbocycles. The highest BCUT2D eigenvalue weighted by Crippen LogP contribution is 2.27. The van der Waals surface area contributed by atoms with Crippen LogP contribution in [0.25, 0.3) is 0 Å². The van der Waals surface area contributed by atoms with Gasteiger partial charge in [-0.15, -0.1) is 0 Å². The molecule has 0 spiro atoms. The lowest BCUT2D eigenvalue weighted by Gasteiger charge is -2.22. The second kappa shape index (κ2) is 6.12. The summed E-state index contributed by atoms with van der Waals surface area (Å²) in [6.07, 6.45) is 2.84. The highest BCUT2D eigenvalue weighted by molar-refractivity contribution is 7.92. The van der Waals surface area contributed by atoms with Gasteiger partial charge in [0.2, 0.25) is 0 Å². The Bertz CT molecular complexity index is 929. The lowest BCUT2D eigenvalue weighted by Crippen LogP contribution is -2.31. The van der Waals surface area contributed by atoms with Crippen LogP contribution in [0.2, 0.25) is 0 Å². The van der Waals surface area contributed by atoms with Gasteiger partial charge in [-0.05, 0) is 31.2 Å². The minimum Gasteiger partial charge on any atom is -0.467 e. The summed E-state index contributed by atoms with van der Waals surface area (Å²) in [6.45, 7) is 1.56. The molecule has 2 aromatic heterocycles. The van der Waals surface area contributed by atoms with Gasteiger partial charge in [-0.25, -0.2) is 9.37 Å². The van der Waals surface area contributed by atoms with Gasteiger partial charge in [0.05, 0.1) is 18.5 Å². The summed E-state index contributed by atoms with van der Waals surface area (Å²) in [6, 6.07) is 8.98. The zero-order valence-electron chi connectivity index (χ0n) is 13.2. The molecule has 0 unspecified atom stereocenters. The van der Waals surface area contributed by atoms with E-state index in [9.17, 15) is 12.8 Å². The Hall–Kier alpha value is -2.61. The van der Waals surface area contributed by atoms with Crippen LogP contribution in [0.3, 0.4) is 0 Å². The normalized spacial score (nSPS) is 11.6. The molecule has 2 heterocycles. The average Bonchev–Trinajstić information content (AvgIpc) is 3.16. The minimum atomic E-state index is -4.05. The number of nitrogens with zero attached hydrogens (tertiary/aromatic N) is 3. The van der Waals surface area contributed by atoms with Gasteiger partial charge < -0.3 is 8.98 Å². The van der Waals surface area contributed by atoms with Crippen molar-refractivity contribution in [2.45, 2.75) is 18.5 Å². The highest BCUT2D eigenvalue weighted by Gasteiger charge is 2.30. The van der Waals surface area contributed by atoms with Crippen molar-refractivity contribution < 1.29 is 17.2 Å². The van der Waals surface area contributed by atoms with Gasteiger partial charge in [0.15, 0.2) is 5.03 Å². The van der Waals surface area contributed by atoms with Gasteiger partial charge in [0.1, 0.15) is 17.4 Å².